The number of carbonyl (C=O) groups excluding carboxylic acids is 1. The molecule has 0 saturated heterocycles. The number of Topliss-reactive ketones (excluding diaryl/α,β-unsaturated/α-hetero) is 1. The maximum Gasteiger partial charge on any atom is 0.204 e. The third kappa shape index (κ3) is 2.80. The van der Waals surface area contributed by atoms with Gasteiger partial charge in [-0.25, -0.2) is 13.8 Å². The first-order chi connectivity index (χ1) is 11.3. The average Bonchev–Trinajstić information content (AvgIpc) is 2.82. The van der Waals surface area contributed by atoms with Gasteiger partial charge in [-0.05, 0) is 25.1 Å². The summed E-state index contributed by atoms with van der Waals surface area (Å²) in [6.45, 7) is 1.28. The molecule has 0 radical (unpaired) electrons. The van der Waals surface area contributed by atoms with E-state index in [2.05, 4.69) is 10.3 Å². The molecule has 0 fully saturated rings. The first-order valence-electron chi connectivity index (χ1n) is 7.10. The minimum atomic E-state index is -1.52. The van der Waals surface area contributed by atoms with E-state index in [1.807, 2.05) is 0 Å². The first kappa shape index (κ1) is 16.9. The van der Waals surface area contributed by atoms with Crippen LogP contribution in [0.25, 0.3) is 11.0 Å². The second kappa shape index (κ2) is 6.18. The highest BCUT2D eigenvalue weighted by molar-refractivity contribution is 6.33. The SMILES string of the molecule is CC(=O)c1cc2nc(NC3C(Cl)=CC=C(Cl)C3F)n(C)c2cc1F. The van der Waals surface area contributed by atoms with Crippen molar-refractivity contribution >= 4 is 46.0 Å². The van der Waals surface area contributed by atoms with Crippen LogP contribution in [0.2, 0.25) is 0 Å². The number of nitrogens with zero attached hydrogens (tertiary/aromatic N) is 2. The molecule has 1 aliphatic carbocycles. The minimum Gasteiger partial charge on any atom is -0.345 e. The van der Waals surface area contributed by atoms with Gasteiger partial charge in [0.05, 0.1) is 21.6 Å². The number of ketones is 1. The Hall–Kier alpha value is -1.92. The summed E-state index contributed by atoms with van der Waals surface area (Å²) in [5, 5.41) is 3.15. The quantitative estimate of drug-likeness (QED) is 0.818. The number of aromatic nitrogens is 2. The molecule has 2 aromatic rings. The van der Waals surface area contributed by atoms with Crippen LogP contribution in [0.4, 0.5) is 14.7 Å². The highest BCUT2D eigenvalue weighted by atomic mass is 35.5. The predicted molar refractivity (Wildman–Crippen MR) is 90.9 cm³/mol. The van der Waals surface area contributed by atoms with Crippen molar-refractivity contribution in [3.05, 3.63) is 45.7 Å². The van der Waals surface area contributed by atoms with Crippen LogP contribution in [0.1, 0.15) is 17.3 Å². The van der Waals surface area contributed by atoms with Crippen molar-refractivity contribution in [2.45, 2.75) is 19.1 Å². The molecular formula is C16H13Cl2F2N3O. The van der Waals surface area contributed by atoms with Gasteiger partial charge >= 0.3 is 0 Å². The number of hydrogen-bond acceptors (Lipinski definition) is 3. The fraction of sp³-hybridized carbons (Fsp3) is 0.250. The van der Waals surface area contributed by atoms with E-state index >= 15 is 0 Å². The lowest BCUT2D eigenvalue weighted by molar-refractivity contribution is 0.101. The van der Waals surface area contributed by atoms with Gasteiger partial charge in [-0.2, -0.15) is 0 Å². The zero-order valence-corrected chi connectivity index (χ0v) is 14.3. The molecule has 4 nitrogen and oxygen atoms in total. The lowest BCUT2D eigenvalue weighted by Crippen LogP contribution is -2.34. The molecule has 0 bridgehead atoms. The zero-order chi connectivity index (χ0) is 17.6. The van der Waals surface area contributed by atoms with Gasteiger partial charge in [0.2, 0.25) is 5.95 Å². The fourth-order valence-corrected chi connectivity index (χ4v) is 2.96. The Morgan fingerprint density at radius 1 is 1.29 bits per heavy atom. The van der Waals surface area contributed by atoms with Gasteiger partial charge in [0.15, 0.2) is 12.0 Å². The maximum absolute atomic E-state index is 14.3. The Morgan fingerprint density at radius 3 is 2.62 bits per heavy atom. The molecule has 1 aliphatic rings. The van der Waals surface area contributed by atoms with Crippen molar-refractivity contribution in [2.75, 3.05) is 5.32 Å². The molecule has 0 saturated carbocycles. The Labute approximate surface area is 146 Å². The molecule has 0 aliphatic heterocycles. The normalized spacial score (nSPS) is 20.8. The van der Waals surface area contributed by atoms with Crippen molar-refractivity contribution in [3.63, 3.8) is 0 Å². The van der Waals surface area contributed by atoms with E-state index in [0.717, 1.165) is 0 Å². The number of imidazole rings is 1. The van der Waals surface area contributed by atoms with Gasteiger partial charge in [-0.3, -0.25) is 4.79 Å². The largest absolute Gasteiger partial charge is 0.345 e. The van der Waals surface area contributed by atoms with Crippen molar-refractivity contribution in [1.29, 1.82) is 0 Å². The Balaban J connectivity index is 2.02. The van der Waals surface area contributed by atoms with Crippen LogP contribution in [-0.2, 0) is 7.05 Å². The number of alkyl halides is 1. The van der Waals surface area contributed by atoms with Gasteiger partial charge in [0, 0.05) is 18.1 Å². The summed E-state index contributed by atoms with van der Waals surface area (Å²) >= 11 is 11.9. The summed E-state index contributed by atoms with van der Waals surface area (Å²) in [6, 6.07) is 1.70. The van der Waals surface area contributed by atoms with E-state index in [1.54, 1.807) is 11.6 Å². The smallest absolute Gasteiger partial charge is 0.204 e. The molecule has 1 aromatic heterocycles. The number of allylic oxidation sites excluding steroid dienone is 2. The fourth-order valence-electron chi connectivity index (χ4n) is 2.55. The van der Waals surface area contributed by atoms with E-state index in [0.29, 0.717) is 11.0 Å². The molecule has 1 N–H and O–H groups in total. The van der Waals surface area contributed by atoms with Gasteiger partial charge in [0.25, 0.3) is 0 Å². The highest BCUT2D eigenvalue weighted by Crippen LogP contribution is 2.31. The maximum atomic E-state index is 14.3. The summed E-state index contributed by atoms with van der Waals surface area (Å²) in [5.41, 5.74) is 0.838. The Kier molecular flexibility index (Phi) is 4.36. The molecule has 2 unspecified atom stereocenters. The molecule has 3 rings (SSSR count). The van der Waals surface area contributed by atoms with Crippen LogP contribution >= 0.6 is 23.2 Å². The number of fused-ring (bicyclic) bond motifs is 1. The minimum absolute atomic E-state index is 0.0283. The number of aryl methyl sites for hydroxylation is 1. The third-order valence-corrected chi connectivity index (χ3v) is 4.58. The topological polar surface area (TPSA) is 46.9 Å². The second-order valence-electron chi connectivity index (χ2n) is 5.50. The molecule has 8 heteroatoms. The van der Waals surface area contributed by atoms with E-state index in [9.17, 15) is 13.6 Å². The van der Waals surface area contributed by atoms with Gasteiger partial charge < -0.3 is 9.88 Å². The standard InChI is InChI=1S/C16H13Cl2F2N3O/c1-7(24)8-5-12-13(6-11(8)19)23(2)16(21-12)22-15-10(18)4-3-9(17)14(15)20/h3-6,14-15H,1-2H3,(H,21,22). The van der Waals surface area contributed by atoms with Gasteiger partial charge in [0.1, 0.15) is 11.9 Å². The number of anilines is 1. The third-order valence-electron chi connectivity index (χ3n) is 3.89. The highest BCUT2D eigenvalue weighted by Gasteiger charge is 2.30. The molecule has 0 spiro atoms. The Bertz CT molecular complexity index is 904. The molecule has 126 valence electrons. The van der Waals surface area contributed by atoms with Crippen molar-refractivity contribution in [2.24, 2.45) is 7.05 Å². The molecular weight excluding hydrogens is 359 g/mol. The van der Waals surface area contributed by atoms with Crippen LogP contribution in [0.3, 0.4) is 0 Å². The number of carbonyl (C=O) groups is 1. The molecule has 24 heavy (non-hydrogen) atoms. The van der Waals surface area contributed by atoms with E-state index < -0.39 is 23.8 Å². The van der Waals surface area contributed by atoms with Crippen molar-refractivity contribution in [3.8, 4) is 0 Å². The summed E-state index contributed by atoms with van der Waals surface area (Å²) in [5.74, 6) is -0.737. The lowest BCUT2D eigenvalue weighted by Gasteiger charge is -2.24. The number of benzene rings is 1. The number of nitrogens with one attached hydrogen (secondary N) is 1. The number of halogens is 4. The number of rotatable bonds is 3. The summed E-state index contributed by atoms with van der Waals surface area (Å²) < 4.78 is 29.8. The molecule has 1 heterocycles. The monoisotopic (exact) mass is 371 g/mol. The number of hydrogen-bond donors (Lipinski definition) is 1. The second-order valence-corrected chi connectivity index (χ2v) is 6.37. The van der Waals surface area contributed by atoms with Crippen LogP contribution in [0.5, 0.6) is 0 Å². The van der Waals surface area contributed by atoms with Crippen molar-refractivity contribution < 1.29 is 13.6 Å². The van der Waals surface area contributed by atoms with Crippen LogP contribution < -0.4 is 5.32 Å². The average molecular weight is 372 g/mol. The first-order valence-corrected chi connectivity index (χ1v) is 7.85. The van der Waals surface area contributed by atoms with E-state index in [1.165, 1.54) is 31.2 Å². The lowest BCUT2D eigenvalue weighted by atomic mass is 10.1. The van der Waals surface area contributed by atoms with Crippen LogP contribution in [0.15, 0.2) is 34.3 Å². The molecule has 1 aromatic carbocycles. The van der Waals surface area contributed by atoms with Crippen molar-refractivity contribution in [1.82, 2.24) is 9.55 Å². The van der Waals surface area contributed by atoms with Crippen LogP contribution in [-0.4, -0.2) is 27.5 Å². The summed E-state index contributed by atoms with van der Waals surface area (Å²) in [7, 11) is 1.65. The summed E-state index contributed by atoms with van der Waals surface area (Å²) in [6.07, 6.45) is 1.39. The zero-order valence-electron chi connectivity index (χ0n) is 12.8. The summed E-state index contributed by atoms with van der Waals surface area (Å²) in [4.78, 5) is 15.8. The predicted octanol–water partition coefficient (Wildman–Crippen LogP) is 4.29. The van der Waals surface area contributed by atoms with E-state index in [4.69, 9.17) is 23.2 Å². The molecule has 2 atom stereocenters. The van der Waals surface area contributed by atoms with Gasteiger partial charge in [-0.15, -0.1) is 0 Å². The van der Waals surface area contributed by atoms with E-state index in [-0.39, 0.29) is 21.6 Å². The van der Waals surface area contributed by atoms with Gasteiger partial charge in [-0.1, -0.05) is 23.2 Å². The molecule has 0 amide bonds. The Morgan fingerprint density at radius 2 is 1.96 bits per heavy atom. The van der Waals surface area contributed by atoms with Crippen LogP contribution in [0, 0.1) is 5.82 Å².